The van der Waals surface area contributed by atoms with Gasteiger partial charge in [-0.2, -0.15) is 0 Å². The zero-order valence-electron chi connectivity index (χ0n) is 13.0. The van der Waals surface area contributed by atoms with Gasteiger partial charge in [-0.25, -0.2) is 0 Å². The van der Waals surface area contributed by atoms with Gasteiger partial charge in [0.1, 0.15) is 0 Å². The number of hydrogen-bond acceptors (Lipinski definition) is 2. The molecule has 0 atom stereocenters. The summed E-state index contributed by atoms with van der Waals surface area (Å²) in [5.74, 6) is 0. The van der Waals surface area contributed by atoms with Crippen LogP contribution in [0.3, 0.4) is 0 Å². The lowest BCUT2D eigenvalue weighted by molar-refractivity contribution is 0.424. The van der Waals surface area contributed by atoms with E-state index in [1.165, 1.54) is 11.3 Å². The summed E-state index contributed by atoms with van der Waals surface area (Å²) in [6.07, 6.45) is 0. The monoisotopic (exact) mass is 282 g/mol. The molecule has 0 spiro atoms. The van der Waals surface area contributed by atoms with Gasteiger partial charge < -0.3 is 10.2 Å². The van der Waals surface area contributed by atoms with Gasteiger partial charge in [0, 0.05) is 35.4 Å². The van der Waals surface area contributed by atoms with Gasteiger partial charge in [-0.05, 0) is 65.3 Å². The summed E-state index contributed by atoms with van der Waals surface area (Å²) in [6.45, 7) is 15.0. The molecule has 0 radical (unpaired) electrons. The second-order valence-electron chi connectivity index (χ2n) is 6.26. The van der Waals surface area contributed by atoms with Crippen LogP contribution in [0.15, 0.2) is 18.2 Å². The Morgan fingerprint density at radius 3 is 2.37 bits per heavy atom. The molecule has 1 rings (SSSR count). The minimum absolute atomic E-state index is 0.106. The molecule has 0 heterocycles. The van der Waals surface area contributed by atoms with Crippen molar-refractivity contribution < 1.29 is 0 Å². The molecule has 0 saturated heterocycles. The quantitative estimate of drug-likeness (QED) is 0.858. The number of benzene rings is 1. The van der Waals surface area contributed by atoms with Gasteiger partial charge in [-0.1, -0.05) is 11.6 Å². The van der Waals surface area contributed by atoms with Crippen LogP contribution in [-0.4, -0.2) is 18.1 Å². The van der Waals surface area contributed by atoms with Crippen LogP contribution in [0.25, 0.3) is 0 Å². The first-order valence-electron chi connectivity index (χ1n) is 7.04. The third-order valence-corrected chi connectivity index (χ3v) is 3.36. The van der Waals surface area contributed by atoms with E-state index in [9.17, 15) is 0 Å². The Balaban J connectivity index is 3.03. The van der Waals surface area contributed by atoms with E-state index in [1.54, 1.807) is 0 Å². The maximum atomic E-state index is 6.15. The molecule has 0 unspecified atom stereocenters. The number of nitrogens with one attached hydrogen (secondary N) is 1. The highest BCUT2D eigenvalue weighted by atomic mass is 35.5. The van der Waals surface area contributed by atoms with Gasteiger partial charge in [0.2, 0.25) is 0 Å². The molecule has 1 N–H and O–H groups in total. The van der Waals surface area contributed by atoms with E-state index in [1.807, 2.05) is 6.07 Å². The summed E-state index contributed by atoms with van der Waals surface area (Å²) in [4.78, 5) is 2.40. The Kier molecular flexibility index (Phi) is 5.69. The Morgan fingerprint density at radius 1 is 1.26 bits per heavy atom. The van der Waals surface area contributed by atoms with Gasteiger partial charge in [-0.15, -0.1) is 0 Å². The molecule has 0 bridgehead atoms. The van der Waals surface area contributed by atoms with Crippen LogP contribution >= 0.6 is 11.6 Å². The molecule has 0 aliphatic heterocycles. The van der Waals surface area contributed by atoms with Crippen LogP contribution < -0.4 is 10.2 Å². The number of hydrogen-bond donors (Lipinski definition) is 1. The van der Waals surface area contributed by atoms with Crippen LogP contribution in [0.5, 0.6) is 0 Å². The zero-order chi connectivity index (χ0) is 14.6. The third-order valence-electron chi connectivity index (χ3n) is 3.12. The van der Waals surface area contributed by atoms with Crippen molar-refractivity contribution in [2.45, 2.75) is 59.7 Å². The number of rotatable bonds is 5. The number of nitrogens with zero attached hydrogens (tertiary/aromatic N) is 1. The highest BCUT2D eigenvalue weighted by Gasteiger charge is 2.15. The van der Waals surface area contributed by atoms with Gasteiger partial charge in [0.05, 0.1) is 0 Å². The van der Waals surface area contributed by atoms with Crippen molar-refractivity contribution in [1.82, 2.24) is 5.32 Å². The topological polar surface area (TPSA) is 15.3 Å². The maximum Gasteiger partial charge on any atom is 0.0415 e. The Bertz CT molecular complexity index is 408. The molecule has 108 valence electrons. The van der Waals surface area contributed by atoms with Crippen molar-refractivity contribution >= 4 is 17.3 Å². The predicted octanol–water partition coefficient (Wildman–Crippen LogP) is 4.46. The smallest absolute Gasteiger partial charge is 0.0415 e. The van der Waals surface area contributed by atoms with E-state index >= 15 is 0 Å². The fraction of sp³-hybridized carbons (Fsp3) is 0.625. The van der Waals surface area contributed by atoms with Crippen LogP contribution in [-0.2, 0) is 6.54 Å². The molecule has 1 aromatic rings. The fourth-order valence-electron chi connectivity index (χ4n) is 2.15. The van der Waals surface area contributed by atoms with Crippen molar-refractivity contribution in [1.29, 1.82) is 0 Å². The summed E-state index contributed by atoms with van der Waals surface area (Å²) in [5, 5.41) is 4.34. The van der Waals surface area contributed by atoms with E-state index < -0.39 is 0 Å². The van der Waals surface area contributed by atoms with Crippen LogP contribution in [0.2, 0.25) is 5.02 Å². The molecular weight excluding hydrogens is 256 g/mol. The molecule has 0 aromatic heterocycles. The third kappa shape index (κ3) is 5.04. The minimum Gasteiger partial charge on any atom is -0.369 e. The van der Waals surface area contributed by atoms with Crippen LogP contribution in [0, 0.1) is 0 Å². The molecule has 0 aliphatic carbocycles. The highest BCUT2D eigenvalue weighted by molar-refractivity contribution is 6.30. The molecular formula is C16H27ClN2. The standard InChI is InChI=1S/C16H27ClN2/c1-7-19(12(2)3)15-9-8-14(17)10-13(15)11-18-16(4,5)6/h8-10,12,18H,7,11H2,1-6H3. The number of halogens is 1. The Labute approximate surface area is 123 Å². The van der Waals surface area contributed by atoms with Crippen molar-refractivity contribution in [3.63, 3.8) is 0 Å². The molecule has 0 fully saturated rings. The number of anilines is 1. The average Bonchev–Trinajstić information content (AvgIpc) is 2.28. The molecule has 19 heavy (non-hydrogen) atoms. The van der Waals surface area contributed by atoms with Crippen LogP contribution in [0.1, 0.15) is 47.1 Å². The molecule has 0 aliphatic rings. The van der Waals surface area contributed by atoms with E-state index in [0.29, 0.717) is 6.04 Å². The summed E-state index contributed by atoms with van der Waals surface area (Å²) in [7, 11) is 0. The van der Waals surface area contributed by atoms with E-state index in [0.717, 1.165) is 18.1 Å². The molecule has 0 amide bonds. The Hall–Kier alpha value is -0.730. The zero-order valence-corrected chi connectivity index (χ0v) is 13.8. The highest BCUT2D eigenvalue weighted by Crippen LogP contribution is 2.26. The predicted molar refractivity (Wildman–Crippen MR) is 86.2 cm³/mol. The molecule has 0 saturated carbocycles. The lowest BCUT2D eigenvalue weighted by Crippen LogP contribution is -2.36. The van der Waals surface area contributed by atoms with E-state index in [-0.39, 0.29) is 5.54 Å². The van der Waals surface area contributed by atoms with E-state index in [4.69, 9.17) is 11.6 Å². The molecule has 1 aromatic carbocycles. The average molecular weight is 283 g/mol. The SMILES string of the molecule is CCN(c1ccc(Cl)cc1CNC(C)(C)C)C(C)C. The largest absolute Gasteiger partial charge is 0.369 e. The first-order chi connectivity index (χ1) is 8.74. The van der Waals surface area contributed by atoms with Gasteiger partial charge in [-0.3, -0.25) is 0 Å². The molecule has 3 heteroatoms. The normalized spacial score (nSPS) is 12.0. The van der Waals surface area contributed by atoms with Gasteiger partial charge >= 0.3 is 0 Å². The Morgan fingerprint density at radius 2 is 1.89 bits per heavy atom. The maximum absolute atomic E-state index is 6.15. The van der Waals surface area contributed by atoms with Crippen molar-refractivity contribution in [3.8, 4) is 0 Å². The fourth-order valence-corrected chi connectivity index (χ4v) is 2.34. The van der Waals surface area contributed by atoms with Crippen molar-refractivity contribution in [3.05, 3.63) is 28.8 Å². The lowest BCUT2D eigenvalue weighted by atomic mass is 10.1. The molecule has 2 nitrogen and oxygen atoms in total. The second-order valence-corrected chi connectivity index (χ2v) is 6.69. The lowest BCUT2D eigenvalue weighted by Gasteiger charge is -2.31. The second kappa shape index (κ2) is 6.62. The van der Waals surface area contributed by atoms with Gasteiger partial charge in [0.15, 0.2) is 0 Å². The summed E-state index contributed by atoms with van der Waals surface area (Å²) >= 11 is 6.15. The van der Waals surface area contributed by atoms with Crippen LogP contribution in [0.4, 0.5) is 5.69 Å². The van der Waals surface area contributed by atoms with E-state index in [2.05, 4.69) is 63.9 Å². The summed E-state index contributed by atoms with van der Waals surface area (Å²) in [5.41, 5.74) is 2.64. The summed E-state index contributed by atoms with van der Waals surface area (Å²) in [6, 6.07) is 6.66. The van der Waals surface area contributed by atoms with Crippen molar-refractivity contribution in [2.75, 3.05) is 11.4 Å². The first kappa shape index (κ1) is 16.3. The van der Waals surface area contributed by atoms with Gasteiger partial charge in [0.25, 0.3) is 0 Å². The van der Waals surface area contributed by atoms with Crippen molar-refractivity contribution in [2.24, 2.45) is 0 Å². The minimum atomic E-state index is 0.106. The first-order valence-corrected chi connectivity index (χ1v) is 7.42. The summed E-state index contributed by atoms with van der Waals surface area (Å²) < 4.78 is 0.